The van der Waals surface area contributed by atoms with Crippen LogP contribution in [0.15, 0.2) is 18.3 Å². The lowest BCUT2D eigenvalue weighted by molar-refractivity contribution is 0.0899. The fourth-order valence-electron chi connectivity index (χ4n) is 2.56. The van der Waals surface area contributed by atoms with Crippen LogP contribution in [-0.2, 0) is 6.42 Å². The average molecular weight is 279 g/mol. The predicted molar refractivity (Wildman–Crippen MR) is 72.0 cm³/mol. The van der Waals surface area contributed by atoms with Crippen LogP contribution in [0.25, 0.3) is 10.9 Å². The van der Waals surface area contributed by atoms with E-state index < -0.39 is 5.82 Å². The lowest BCUT2D eigenvalue weighted by Gasteiger charge is -2.32. The Morgan fingerprint density at radius 1 is 1.42 bits per heavy atom. The summed E-state index contributed by atoms with van der Waals surface area (Å²) in [6, 6.07) is 2.79. The van der Waals surface area contributed by atoms with Gasteiger partial charge in [0.15, 0.2) is 5.82 Å². The van der Waals surface area contributed by atoms with Gasteiger partial charge in [0.2, 0.25) is 0 Å². The van der Waals surface area contributed by atoms with Crippen molar-refractivity contribution in [2.45, 2.75) is 25.8 Å². The van der Waals surface area contributed by atoms with Gasteiger partial charge in [-0.05, 0) is 38.0 Å². The molecule has 19 heavy (non-hydrogen) atoms. The van der Waals surface area contributed by atoms with Gasteiger partial charge in [0.05, 0.1) is 5.56 Å². The Morgan fingerprint density at radius 3 is 2.89 bits per heavy atom. The number of pyridine rings is 1. The van der Waals surface area contributed by atoms with Crippen LogP contribution in [0, 0.1) is 5.82 Å². The zero-order chi connectivity index (χ0) is 13.8. The Morgan fingerprint density at radius 2 is 2.16 bits per heavy atom. The Bertz CT molecular complexity index is 712. The number of benzene rings is 1. The van der Waals surface area contributed by atoms with Gasteiger partial charge in [0, 0.05) is 22.1 Å². The Hall–Kier alpha value is -1.68. The highest BCUT2D eigenvalue weighted by molar-refractivity contribution is 6.31. The molecule has 5 heteroatoms. The van der Waals surface area contributed by atoms with E-state index in [0.717, 1.165) is 5.56 Å². The van der Waals surface area contributed by atoms with E-state index in [1.165, 1.54) is 6.07 Å². The number of nitrogens with zero attached hydrogens (tertiary/aromatic N) is 1. The second-order valence-electron chi connectivity index (χ2n) is 5.46. The first-order valence-corrected chi connectivity index (χ1v) is 6.34. The van der Waals surface area contributed by atoms with Crippen LogP contribution in [0.1, 0.15) is 29.8 Å². The van der Waals surface area contributed by atoms with Gasteiger partial charge >= 0.3 is 0 Å². The topological polar surface area (TPSA) is 42.0 Å². The maximum atomic E-state index is 13.8. The number of nitrogens with one attached hydrogen (secondary N) is 1. The number of hydrogen-bond donors (Lipinski definition) is 1. The van der Waals surface area contributed by atoms with E-state index in [9.17, 15) is 9.18 Å². The Kier molecular flexibility index (Phi) is 2.54. The molecular formula is C14H12ClFN2O. The van der Waals surface area contributed by atoms with E-state index in [2.05, 4.69) is 10.3 Å². The maximum absolute atomic E-state index is 13.8. The van der Waals surface area contributed by atoms with Gasteiger partial charge in [-0.2, -0.15) is 0 Å². The minimum Gasteiger partial charge on any atom is -0.347 e. The zero-order valence-corrected chi connectivity index (χ0v) is 11.3. The molecule has 1 aliphatic rings. The third-order valence-corrected chi connectivity index (χ3v) is 3.50. The Labute approximate surface area is 114 Å². The minimum atomic E-state index is -0.511. The van der Waals surface area contributed by atoms with Gasteiger partial charge in [0.25, 0.3) is 5.91 Å². The zero-order valence-electron chi connectivity index (χ0n) is 10.6. The molecule has 1 aromatic heterocycles. The summed E-state index contributed by atoms with van der Waals surface area (Å²) in [6.07, 6.45) is 2.24. The third-order valence-electron chi connectivity index (χ3n) is 3.28. The number of hydrogen-bond acceptors (Lipinski definition) is 2. The summed E-state index contributed by atoms with van der Waals surface area (Å²) in [7, 11) is 0. The summed E-state index contributed by atoms with van der Waals surface area (Å²) in [5, 5.41) is 3.64. The molecule has 3 nitrogen and oxygen atoms in total. The molecule has 1 aromatic carbocycles. The lowest BCUT2D eigenvalue weighted by atomic mass is 9.87. The third kappa shape index (κ3) is 1.96. The molecule has 2 heterocycles. The molecule has 0 radical (unpaired) electrons. The van der Waals surface area contributed by atoms with Crippen molar-refractivity contribution in [3.05, 3.63) is 40.3 Å². The van der Waals surface area contributed by atoms with Crippen molar-refractivity contribution in [2.75, 3.05) is 0 Å². The number of carbonyl (C=O) groups is 1. The largest absolute Gasteiger partial charge is 0.347 e. The van der Waals surface area contributed by atoms with Crippen molar-refractivity contribution >= 4 is 28.4 Å². The smallest absolute Gasteiger partial charge is 0.252 e. The first-order valence-electron chi connectivity index (χ1n) is 5.96. The molecule has 98 valence electrons. The minimum absolute atomic E-state index is 0.179. The van der Waals surface area contributed by atoms with Crippen LogP contribution >= 0.6 is 11.6 Å². The van der Waals surface area contributed by atoms with Crippen molar-refractivity contribution in [1.82, 2.24) is 10.3 Å². The van der Waals surface area contributed by atoms with Gasteiger partial charge in [0.1, 0.15) is 5.52 Å². The quantitative estimate of drug-likeness (QED) is 0.805. The number of aromatic nitrogens is 1. The van der Waals surface area contributed by atoms with Crippen molar-refractivity contribution in [2.24, 2.45) is 0 Å². The lowest BCUT2D eigenvalue weighted by Crippen LogP contribution is -2.49. The summed E-state index contributed by atoms with van der Waals surface area (Å²) in [4.78, 5) is 16.4. The fourth-order valence-corrected chi connectivity index (χ4v) is 2.76. The molecule has 0 atom stereocenters. The normalized spacial score (nSPS) is 17.2. The van der Waals surface area contributed by atoms with Crippen molar-refractivity contribution in [3.8, 4) is 0 Å². The highest BCUT2D eigenvalue weighted by Gasteiger charge is 2.31. The van der Waals surface area contributed by atoms with Crippen LogP contribution in [0.2, 0.25) is 5.02 Å². The van der Waals surface area contributed by atoms with E-state index in [1.807, 2.05) is 13.8 Å². The van der Waals surface area contributed by atoms with Crippen LogP contribution in [0.4, 0.5) is 4.39 Å². The van der Waals surface area contributed by atoms with Gasteiger partial charge in [-0.3, -0.25) is 9.78 Å². The first-order chi connectivity index (χ1) is 8.87. The monoisotopic (exact) mass is 278 g/mol. The van der Waals surface area contributed by atoms with E-state index in [0.29, 0.717) is 17.4 Å². The van der Waals surface area contributed by atoms with E-state index in [-0.39, 0.29) is 22.0 Å². The molecule has 0 bridgehead atoms. The molecule has 0 unspecified atom stereocenters. The summed E-state index contributed by atoms with van der Waals surface area (Å²) in [6.45, 7) is 3.88. The maximum Gasteiger partial charge on any atom is 0.252 e. The second kappa shape index (κ2) is 3.90. The Balaban J connectivity index is 2.36. The first kappa shape index (κ1) is 12.4. The summed E-state index contributed by atoms with van der Waals surface area (Å²) in [5.41, 5.74) is 1.16. The molecule has 0 saturated carbocycles. The van der Waals surface area contributed by atoms with Crippen LogP contribution in [0.5, 0.6) is 0 Å². The summed E-state index contributed by atoms with van der Waals surface area (Å²) < 4.78 is 13.8. The van der Waals surface area contributed by atoms with Gasteiger partial charge in [-0.15, -0.1) is 0 Å². The van der Waals surface area contributed by atoms with Crippen molar-refractivity contribution in [3.63, 3.8) is 0 Å². The summed E-state index contributed by atoms with van der Waals surface area (Å²) >= 11 is 5.87. The van der Waals surface area contributed by atoms with Crippen LogP contribution in [0.3, 0.4) is 0 Å². The van der Waals surface area contributed by atoms with Crippen LogP contribution < -0.4 is 5.32 Å². The molecule has 1 N–H and O–H groups in total. The van der Waals surface area contributed by atoms with Crippen LogP contribution in [-0.4, -0.2) is 16.4 Å². The SMILES string of the molecule is CC1(C)Cc2cnc3c(F)cc(Cl)cc3c2C(=O)N1. The molecule has 0 aliphatic carbocycles. The van der Waals surface area contributed by atoms with Crippen molar-refractivity contribution in [1.29, 1.82) is 0 Å². The molecule has 0 spiro atoms. The number of rotatable bonds is 0. The standard InChI is InChI=1S/C14H12ClFN2O/c1-14(2)5-7-6-17-12-9(11(7)13(19)18-14)3-8(15)4-10(12)16/h3-4,6H,5H2,1-2H3,(H,18,19). The average Bonchev–Trinajstić information content (AvgIpc) is 2.25. The second-order valence-corrected chi connectivity index (χ2v) is 5.89. The number of amides is 1. The number of carbonyl (C=O) groups excluding carboxylic acids is 1. The summed E-state index contributed by atoms with van der Waals surface area (Å²) in [5.74, 6) is -0.719. The highest BCUT2D eigenvalue weighted by atomic mass is 35.5. The predicted octanol–water partition coefficient (Wildman–Crippen LogP) is 3.09. The molecule has 0 saturated heterocycles. The molecule has 1 amide bonds. The molecule has 1 aliphatic heterocycles. The van der Waals surface area contributed by atoms with Gasteiger partial charge in [-0.1, -0.05) is 11.6 Å². The van der Waals surface area contributed by atoms with E-state index in [1.54, 1.807) is 12.3 Å². The molecule has 2 aromatic rings. The van der Waals surface area contributed by atoms with Crippen molar-refractivity contribution < 1.29 is 9.18 Å². The molecular weight excluding hydrogens is 267 g/mol. The molecule has 0 fully saturated rings. The van der Waals surface area contributed by atoms with Gasteiger partial charge < -0.3 is 5.32 Å². The van der Waals surface area contributed by atoms with Gasteiger partial charge in [-0.25, -0.2) is 4.39 Å². The fraction of sp³-hybridized carbons (Fsp3) is 0.286. The molecule has 3 rings (SSSR count). The number of fused-ring (bicyclic) bond motifs is 3. The van der Waals surface area contributed by atoms with E-state index in [4.69, 9.17) is 11.6 Å². The highest BCUT2D eigenvalue weighted by Crippen LogP contribution is 2.31. The van der Waals surface area contributed by atoms with E-state index >= 15 is 0 Å². The number of halogens is 2.